The van der Waals surface area contributed by atoms with Crippen molar-refractivity contribution in [3.8, 4) is 0 Å². The Morgan fingerprint density at radius 3 is 3.00 bits per heavy atom. The number of nitrogens with zero attached hydrogens (tertiary/aromatic N) is 3. The zero-order valence-electron chi connectivity index (χ0n) is 14.4. The van der Waals surface area contributed by atoms with Gasteiger partial charge in [0.05, 0.1) is 25.1 Å². The number of nitrogens with one attached hydrogen (secondary N) is 1. The van der Waals surface area contributed by atoms with Crippen LogP contribution in [0, 0.1) is 0 Å². The van der Waals surface area contributed by atoms with E-state index >= 15 is 0 Å². The Kier molecular flexibility index (Phi) is 4.99. The Morgan fingerprint density at radius 1 is 1.42 bits per heavy atom. The molecule has 0 spiro atoms. The highest BCUT2D eigenvalue weighted by Gasteiger charge is 2.45. The van der Waals surface area contributed by atoms with Gasteiger partial charge in [0, 0.05) is 11.6 Å². The molecule has 8 nitrogen and oxygen atoms in total. The monoisotopic (exact) mass is 374 g/mol. The van der Waals surface area contributed by atoms with Gasteiger partial charge in [-0.05, 0) is 26.0 Å². The second-order valence-corrected chi connectivity index (χ2v) is 6.82. The fraction of sp³-hybridized carbons (Fsp3) is 0.353. The maximum atomic E-state index is 12.9. The predicted molar refractivity (Wildman–Crippen MR) is 96.7 cm³/mol. The third-order valence-electron chi connectivity index (χ3n) is 4.00. The van der Waals surface area contributed by atoms with E-state index in [1.807, 2.05) is 0 Å². The summed E-state index contributed by atoms with van der Waals surface area (Å²) in [5, 5.41) is 4.80. The smallest absolute Gasteiger partial charge is 0.311 e. The summed E-state index contributed by atoms with van der Waals surface area (Å²) in [5.74, 6) is -0.652. The molecule has 1 aromatic rings. The maximum absolute atomic E-state index is 12.9. The number of fused-ring (bicyclic) bond motifs is 1. The Hall–Kier alpha value is -2.81. The van der Waals surface area contributed by atoms with Crippen LogP contribution < -0.4 is 5.32 Å². The van der Waals surface area contributed by atoms with Crippen LogP contribution in [0.1, 0.15) is 26.0 Å². The Labute approximate surface area is 154 Å². The van der Waals surface area contributed by atoms with Gasteiger partial charge in [0.2, 0.25) is 0 Å². The van der Waals surface area contributed by atoms with Crippen LogP contribution in [0.5, 0.6) is 0 Å². The zero-order valence-corrected chi connectivity index (χ0v) is 15.2. The maximum Gasteiger partial charge on any atom is 0.311 e. The highest BCUT2D eigenvalue weighted by atomic mass is 32.1. The molecule has 2 aliphatic heterocycles. The van der Waals surface area contributed by atoms with E-state index in [1.54, 1.807) is 48.6 Å². The van der Waals surface area contributed by atoms with Crippen molar-refractivity contribution in [3.63, 3.8) is 0 Å². The number of hydrogen-bond acceptors (Lipinski definition) is 7. The van der Waals surface area contributed by atoms with Crippen LogP contribution in [0.25, 0.3) is 0 Å². The Bertz CT molecular complexity index is 842. The standard InChI is InChI=1S/C17H18N4O4S/c1-3-25-14(23)8-11-10-26-16(18-11)20-15(24)17(2)9-13(22)19-12-6-4-5-7-21(12)17/h4-7,10H,3,8-9H2,1-2H3,(H,18,20,24). The van der Waals surface area contributed by atoms with Gasteiger partial charge in [0.25, 0.3) is 11.8 Å². The van der Waals surface area contributed by atoms with Crippen molar-refractivity contribution in [3.05, 3.63) is 35.5 Å². The van der Waals surface area contributed by atoms with E-state index in [1.165, 1.54) is 11.3 Å². The van der Waals surface area contributed by atoms with Gasteiger partial charge in [-0.15, -0.1) is 11.3 Å². The summed E-state index contributed by atoms with van der Waals surface area (Å²) >= 11 is 1.21. The van der Waals surface area contributed by atoms with E-state index in [9.17, 15) is 14.4 Å². The van der Waals surface area contributed by atoms with Gasteiger partial charge in [-0.25, -0.2) is 4.98 Å². The Morgan fingerprint density at radius 2 is 2.23 bits per heavy atom. The molecular formula is C17H18N4O4S. The average molecular weight is 374 g/mol. The summed E-state index contributed by atoms with van der Waals surface area (Å²) in [4.78, 5) is 46.2. The van der Waals surface area contributed by atoms with Crippen molar-refractivity contribution in [1.29, 1.82) is 0 Å². The normalized spacial score (nSPS) is 21.2. The molecule has 1 N–H and O–H groups in total. The number of esters is 1. The number of ether oxygens (including phenoxy) is 1. The predicted octanol–water partition coefficient (Wildman–Crippen LogP) is 1.66. The molecule has 0 saturated carbocycles. The number of thiazole rings is 1. The SMILES string of the molecule is CCOC(=O)Cc1csc(NC(=O)C2(C)CC(=O)N=C3C=CC=CN32)n1. The molecule has 0 aliphatic carbocycles. The van der Waals surface area contributed by atoms with Crippen LogP contribution in [0.4, 0.5) is 5.13 Å². The highest BCUT2D eigenvalue weighted by molar-refractivity contribution is 7.14. The van der Waals surface area contributed by atoms with E-state index in [4.69, 9.17) is 4.74 Å². The van der Waals surface area contributed by atoms with Crippen LogP contribution >= 0.6 is 11.3 Å². The number of anilines is 1. The van der Waals surface area contributed by atoms with Gasteiger partial charge in [0.1, 0.15) is 11.4 Å². The second kappa shape index (κ2) is 7.20. The first kappa shape index (κ1) is 18.0. The number of rotatable bonds is 5. The van der Waals surface area contributed by atoms with Gasteiger partial charge in [-0.2, -0.15) is 4.99 Å². The van der Waals surface area contributed by atoms with Crippen molar-refractivity contribution < 1.29 is 19.1 Å². The summed E-state index contributed by atoms with van der Waals surface area (Å²) in [5.41, 5.74) is -0.584. The first-order valence-electron chi connectivity index (χ1n) is 8.09. The van der Waals surface area contributed by atoms with E-state index < -0.39 is 5.54 Å². The number of amidine groups is 1. The average Bonchev–Trinajstić information content (AvgIpc) is 3.01. The molecule has 1 unspecified atom stereocenters. The van der Waals surface area contributed by atoms with Gasteiger partial charge < -0.3 is 9.64 Å². The summed E-state index contributed by atoms with van der Waals surface area (Å²) in [7, 11) is 0. The summed E-state index contributed by atoms with van der Waals surface area (Å²) in [6.07, 6.45) is 6.95. The number of aliphatic imine (C=N–C) groups is 1. The minimum Gasteiger partial charge on any atom is -0.466 e. The van der Waals surface area contributed by atoms with Crippen LogP contribution in [0.15, 0.2) is 34.8 Å². The number of amides is 2. The van der Waals surface area contributed by atoms with Gasteiger partial charge in [0.15, 0.2) is 5.13 Å². The number of carbonyl (C=O) groups is 3. The molecule has 26 heavy (non-hydrogen) atoms. The molecule has 0 aromatic carbocycles. The van der Waals surface area contributed by atoms with Crippen molar-refractivity contribution in [2.75, 3.05) is 11.9 Å². The lowest BCUT2D eigenvalue weighted by molar-refractivity contribution is -0.142. The second-order valence-electron chi connectivity index (χ2n) is 5.96. The van der Waals surface area contributed by atoms with Crippen molar-refractivity contribution in [1.82, 2.24) is 9.88 Å². The Balaban J connectivity index is 1.73. The number of hydrogen-bond donors (Lipinski definition) is 1. The number of allylic oxidation sites excluding steroid dienone is 2. The summed E-state index contributed by atoms with van der Waals surface area (Å²) in [6, 6.07) is 0. The molecule has 3 heterocycles. The van der Waals surface area contributed by atoms with E-state index in [0.29, 0.717) is 23.3 Å². The molecule has 2 aliphatic rings. The third-order valence-corrected chi connectivity index (χ3v) is 4.80. The lowest BCUT2D eigenvalue weighted by Gasteiger charge is -2.41. The summed E-state index contributed by atoms with van der Waals surface area (Å²) < 4.78 is 4.89. The zero-order chi connectivity index (χ0) is 18.7. The molecule has 1 aromatic heterocycles. The number of aromatic nitrogens is 1. The van der Waals surface area contributed by atoms with Crippen molar-refractivity contribution in [2.45, 2.75) is 32.2 Å². The van der Waals surface area contributed by atoms with Crippen LogP contribution in [-0.4, -0.2) is 45.6 Å². The van der Waals surface area contributed by atoms with E-state index in [0.717, 1.165) is 0 Å². The lowest BCUT2D eigenvalue weighted by Crippen LogP contribution is -2.58. The van der Waals surface area contributed by atoms with Gasteiger partial charge in [-0.3, -0.25) is 19.7 Å². The van der Waals surface area contributed by atoms with Crippen molar-refractivity contribution in [2.24, 2.45) is 4.99 Å². The minimum atomic E-state index is -1.11. The molecule has 0 saturated heterocycles. The topological polar surface area (TPSA) is 101 Å². The molecule has 1 atom stereocenters. The van der Waals surface area contributed by atoms with Crippen LogP contribution in [-0.2, 0) is 25.5 Å². The first-order valence-corrected chi connectivity index (χ1v) is 8.97. The van der Waals surface area contributed by atoms with Crippen LogP contribution in [0.3, 0.4) is 0 Å². The molecular weight excluding hydrogens is 356 g/mol. The van der Waals surface area contributed by atoms with E-state index in [-0.39, 0.29) is 30.6 Å². The molecule has 0 radical (unpaired) electrons. The molecule has 9 heteroatoms. The molecule has 2 amide bonds. The van der Waals surface area contributed by atoms with Crippen molar-refractivity contribution >= 4 is 40.1 Å². The van der Waals surface area contributed by atoms with E-state index in [2.05, 4.69) is 15.3 Å². The van der Waals surface area contributed by atoms with Crippen LogP contribution in [0.2, 0.25) is 0 Å². The number of carbonyl (C=O) groups excluding carboxylic acids is 3. The molecule has 136 valence electrons. The minimum absolute atomic E-state index is 0.0401. The third kappa shape index (κ3) is 3.57. The molecule has 3 rings (SSSR count). The molecule has 0 bridgehead atoms. The fourth-order valence-electron chi connectivity index (χ4n) is 2.72. The summed E-state index contributed by atoms with van der Waals surface area (Å²) in [6.45, 7) is 3.73. The fourth-order valence-corrected chi connectivity index (χ4v) is 3.42. The highest BCUT2D eigenvalue weighted by Crippen LogP contribution is 2.29. The first-order chi connectivity index (χ1) is 12.4. The molecule has 0 fully saturated rings. The largest absolute Gasteiger partial charge is 0.466 e. The van der Waals surface area contributed by atoms with Gasteiger partial charge in [-0.1, -0.05) is 6.08 Å². The lowest BCUT2D eigenvalue weighted by atomic mass is 9.91. The quantitative estimate of drug-likeness (QED) is 0.787. The van der Waals surface area contributed by atoms with Gasteiger partial charge >= 0.3 is 5.97 Å².